The van der Waals surface area contributed by atoms with E-state index in [9.17, 15) is 4.79 Å². The number of benzene rings is 1. The maximum Gasteiger partial charge on any atom is 0.281 e. The molecule has 0 aliphatic rings. The van der Waals surface area contributed by atoms with Crippen molar-refractivity contribution >= 4 is 16.9 Å². The number of anilines is 1. The highest BCUT2D eigenvalue weighted by Crippen LogP contribution is 2.24. The Hall–Kier alpha value is -2.70. The molecule has 0 spiro atoms. The summed E-state index contributed by atoms with van der Waals surface area (Å²) in [7, 11) is 0. The quantitative estimate of drug-likeness (QED) is 0.667. The number of rotatable bonds is 4. The van der Waals surface area contributed by atoms with Gasteiger partial charge in [0.25, 0.3) is 5.56 Å². The van der Waals surface area contributed by atoms with Crippen molar-refractivity contribution in [1.82, 2.24) is 25.4 Å². The lowest BCUT2D eigenvalue weighted by Crippen LogP contribution is -2.10. The standard InChI is InChI=1S/C13H14N6O/c1-2-7-14-9-6-4-3-5-8(9)11-15-12-10(13(20)16-11)17-19-18-12/h3-6,14H,2,7H2,1H3,(H2,15,16,17,18,19,20). The van der Waals surface area contributed by atoms with Crippen LogP contribution in [0.25, 0.3) is 22.6 Å². The molecule has 7 heteroatoms. The van der Waals surface area contributed by atoms with Gasteiger partial charge >= 0.3 is 0 Å². The van der Waals surface area contributed by atoms with Crippen molar-refractivity contribution in [2.75, 3.05) is 11.9 Å². The molecule has 7 nitrogen and oxygen atoms in total. The van der Waals surface area contributed by atoms with Crippen molar-refractivity contribution < 1.29 is 0 Å². The monoisotopic (exact) mass is 270 g/mol. The molecule has 2 aromatic heterocycles. The first-order valence-electron chi connectivity index (χ1n) is 6.43. The topological polar surface area (TPSA) is 99.3 Å². The van der Waals surface area contributed by atoms with Crippen LogP contribution in [-0.2, 0) is 0 Å². The van der Waals surface area contributed by atoms with E-state index in [1.807, 2.05) is 24.3 Å². The number of hydrogen-bond donors (Lipinski definition) is 3. The molecule has 20 heavy (non-hydrogen) atoms. The molecule has 0 saturated carbocycles. The number of hydrogen-bond acceptors (Lipinski definition) is 5. The van der Waals surface area contributed by atoms with Crippen LogP contribution in [0.5, 0.6) is 0 Å². The number of nitrogens with one attached hydrogen (secondary N) is 3. The van der Waals surface area contributed by atoms with E-state index in [0.29, 0.717) is 11.5 Å². The van der Waals surface area contributed by atoms with Crippen LogP contribution in [0.1, 0.15) is 13.3 Å². The van der Waals surface area contributed by atoms with Gasteiger partial charge in [0.05, 0.1) is 0 Å². The Bertz CT molecular complexity index is 791. The summed E-state index contributed by atoms with van der Waals surface area (Å²) >= 11 is 0. The SMILES string of the molecule is CCCNc1ccccc1-c1nc2n[nH]nc2c(=O)[nH]1. The Morgan fingerprint density at radius 2 is 2.10 bits per heavy atom. The predicted octanol–water partition coefficient (Wildman–Crippen LogP) is 1.53. The number of aromatic nitrogens is 5. The lowest BCUT2D eigenvalue weighted by molar-refractivity contribution is 0.954. The van der Waals surface area contributed by atoms with Crippen molar-refractivity contribution in [3.63, 3.8) is 0 Å². The molecule has 0 aliphatic heterocycles. The Morgan fingerprint density at radius 3 is 2.95 bits per heavy atom. The summed E-state index contributed by atoms with van der Waals surface area (Å²) in [6.07, 6.45) is 1.01. The zero-order valence-corrected chi connectivity index (χ0v) is 11.0. The predicted molar refractivity (Wildman–Crippen MR) is 76.5 cm³/mol. The van der Waals surface area contributed by atoms with Crippen LogP contribution < -0.4 is 10.9 Å². The van der Waals surface area contributed by atoms with E-state index in [2.05, 4.69) is 37.6 Å². The second kappa shape index (κ2) is 5.12. The lowest BCUT2D eigenvalue weighted by Gasteiger charge is -2.10. The van der Waals surface area contributed by atoms with Gasteiger partial charge in [0, 0.05) is 17.8 Å². The normalized spacial score (nSPS) is 10.8. The first-order valence-corrected chi connectivity index (χ1v) is 6.43. The summed E-state index contributed by atoms with van der Waals surface area (Å²) in [5.74, 6) is 0.482. The number of fused-ring (bicyclic) bond motifs is 1. The number of aromatic amines is 2. The molecule has 0 aliphatic carbocycles. The minimum atomic E-state index is -0.302. The van der Waals surface area contributed by atoms with Gasteiger partial charge < -0.3 is 10.3 Å². The molecule has 0 radical (unpaired) electrons. The average Bonchev–Trinajstić information content (AvgIpc) is 2.94. The van der Waals surface area contributed by atoms with Crippen LogP contribution >= 0.6 is 0 Å². The molecule has 102 valence electrons. The molecule has 3 rings (SSSR count). The first-order chi connectivity index (χ1) is 9.79. The third kappa shape index (κ3) is 2.13. The van der Waals surface area contributed by atoms with E-state index in [4.69, 9.17) is 0 Å². The van der Waals surface area contributed by atoms with E-state index < -0.39 is 0 Å². The molecular weight excluding hydrogens is 256 g/mol. The molecule has 0 amide bonds. The average molecular weight is 270 g/mol. The lowest BCUT2D eigenvalue weighted by atomic mass is 10.1. The molecule has 0 atom stereocenters. The fourth-order valence-corrected chi connectivity index (χ4v) is 1.99. The second-order valence-corrected chi connectivity index (χ2v) is 4.38. The van der Waals surface area contributed by atoms with Gasteiger partial charge in [0.1, 0.15) is 5.82 Å². The van der Waals surface area contributed by atoms with Crippen LogP contribution in [0.15, 0.2) is 29.1 Å². The van der Waals surface area contributed by atoms with Crippen molar-refractivity contribution in [2.24, 2.45) is 0 Å². The molecule has 0 fully saturated rings. The van der Waals surface area contributed by atoms with Crippen LogP contribution in [0.3, 0.4) is 0 Å². The third-order valence-electron chi connectivity index (χ3n) is 2.94. The summed E-state index contributed by atoms with van der Waals surface area (Å²) in [5, 5.41) is 13.4. The zero-order valence-electron chi connectivity index (χ0n) is 11.0. The first kappa shape index (κ1) is 12.3. The van der Waals surface area contributed by atoms with Crippen LogP contribution in [0.4, 0.5) is 5.69 Å². The minimum Gasteiger partial charge on any atom is -0.384 e. The summed E-state index contributed by atoms with van der Waals surface area (Å²) < 4.78 is 0. The number of para-hydroxylation sites is 1. The maximum atomic E-state index is 11.9. The Kier molecular flexibility index (Phi) is 3.16. The van der Waals surface area contributed by atoms with Gasteiger partial charge in [-0.25, -0.2) is 4.98 Å². The van der Waals surface area contributed by atoms with E-state index in [1.165, 1.54) is 0 Å². The molecule has 0 saturated heterocycles. The smallest absolute Gasteiger partial charge is 0.281 e. The molecule has 2 heterocycles. The fraction of sp³-hybridized carbons (Fsp3) is 0.231. The summed E-state index contributed by atoms with van der Waals surface area (Å²) in [4.78, 5) is 19.0. The van der Waals surface area contributed by atoms with Crippen LogP contribution in [0.2, 0.25) is 0 Å². The van der Waals surface area contributed by atoms with Crippen molar-refractivity contribution in [2.45, 2.75) is 13.3 Å². The molecule has 1 aromatic carbocycles. The van der Waals surface area contributed by atoms with Crippen molar-refractivity contribution in [3.8, 4) is 11.4 Å². The van der Waals surface area contributed by atoms with Gasteiger partial charge in [-0.3, -0.25) is 4.79 Å². The van der Waals surface area contributed by atoms with Crippen molar-refractivity contribution in [1.29, 1.82) is 0 Å². The number of H-pyrrole nitrogens is 2. The molecule has 3 N–H and O–H groups in total. The van der Waals surface area contributed by atoms with Gasteiger partial charge in [-0.15, -0.1) is 10.2 Å². The molecule has 0 bridgehead atoms. The van der Waals surface area contributed by atoms with Gasteiger partial charge in [-0.2, -0.15) is 5.21 Å². The molecule has 3 aromatic rings. The van der Waals surface area contributed by atoms with E-state index in [-0.39, 0.29) is 11.1 Å². The van der Waals surface area contributed by atoms with E-state index in [0.717, 1.165) is 24.2 Å². The summed E-state index contributed by atoms with van der Waals surface area (Å²) in [6.45, 7) is 2.95. The zero-order chi connectivity index (χ0) is 13.9. The van der Waals surface area contributed by atoms with Crippen LogP contribution in [0, 0.1) is 0 Å². The van der Waals surface area contributed by atoms with Gasteiger partial charge in [0.2, 0.25) is 5.65 Å². The molecule has 0 unspecified atom stereocenters. The fourth-order valence-electron chi connectivity index (χ4n) is 1.99. The Morgan fingerprint density at radius 1 is 1.25 bits per heavy atom. The molecular formula is C13H14N6O. The highest BCUT2D eigenvalue weighted by atomic mass is 16.1. The van der Waals surface area contributed by atoms with Gasteiger partial charge in [-0.1, -0.05) is 19.1 Å². The minimum absolute atomic E-state index is 0.216. The van der Waals surface area contributed by atoms with Crippen molar-refractivity contribution in [3.05, 3.63) is 34.6 Å². The van der Waals surface area contributed by atoms with Crippen LogP contribution in [-0.4, -0.2) is 31.9 Å². The van der Waals surface area contributed by atoms with Gasteiger partial charge in [-0.05, 0) is 18.6 Å². The summed E-state index contributed by atoms with van der Waals surface area (Å²) in [6, 6.07) is 7.70. The second-order valence-electron chi connectivity index (χ2n) is 4.38. The Balaban J connectivity index is 2.12. The van der Waals surface area contributed by atoms with E-state index in [1.54, 1.807) is 0 Å². The highest BCUT2D eigenvalue weighted by molar-refractivity contribution is 5.77. The van der Waals surface area contributed by atoms with E-state index >= 15 is 0 Å². The highest BCUT2D eigenvalue weighted by Gasteiger charge is 2.11. The summed E-state index contributed by atoms with van der Waals surface area (Å²) in [5.41, 5.74) is 1.99. The largest absolute Gasteiger partial charge is 0.384 e. The maximum absolute atomic E-state index is 11.9. The van der Waals surface area contributed by atoms with Gasteiger partial charge in [0.15, 0.2) is 5.52 Å². The number of nitrogens with zero attached hydrogens (tertiary/aromatic N) is 3. The third-order valence-corrected chi connectivity index (χ3v) is 2.94. The Labute approximate surface area is 114 Å².